The molecule has 0 aromatic heterocycles. The van der Waals surface area contributed by atoms with E-state index >= 15 is 0 Å². The van der Waals surface area contributed by atoms with Crippen molar-refractivity contribution < 1.29 is 14.6 Å². The summed E-state index contributed by atoms with van der Waals surface area (Å²) in [6, 6.07) is 4.27. The Morgan fingerprint density at radius 3 is 2.37 bits per heavy atom. The van der Waals surface area contributed by atoms with Crippen LogP contribution in [-0.4, -0.2) is 74.4 Å². The highest BCUT2D eigenvalue weighted by Crippen LogP contribution is 2.37. The van der Waals surface area contributed by atoms with Gasteiger partial charge in [0, 0.05) is 32.7 Å². The Hall–Kier alpha value is -1.42. The molecule has 8 heteroatoms. The number of rotatable bonds is 5. The number of hydrogen-bond acceptors (Lipinski definition) is 5. The number of benzene rings is 1. The molecule has 1 atom stereocenters. The summed E-state index contributed by atoms with van der Waals surface area (Å²) in [5.74, 6) is 1.76. The third-order valence-corrected chi connectivity index (χ3v) is 5.32. The Morgan fingerprint density at radius 2 is 1.81 bits per heavy atom. The fourth-order valence-electron chi connectivity index (χ4n) is 3.90. The number of likely N-dealkylation sites (tertiary alicyclic amines) is 2. The Bertz CT molecular complexity index is 625. The molecule has 2 heterocycles. The van der Waals surface area contributed by atoms with Gasteiger partial charge in [0.25, 0.3) is 0 Å². The quantitative estimate of drug-likeness (QED) is 0.375. The van der Waals surface area contributed by atoms with Crippen molar-refractivity contribution in [2.75, 3.05) is 47.4 Å². The van der Waals surface area contributed by atoms with E-state index < -0.39 is 0 Å². The third-order valence-electron chi connectivity index (χ3n) is 5.32. The topological polar surface area (TPSA) is 69.6 Å². The summed E-state index contributed by atoms with van der Waals surface area (Å²) in [6.07, 6.45) is 3.85. The van der Waals surface area contributed by atoms with Crippen molar-refractivity contribution in [1.82, 2.24) is 15.1 Å². The Kier molecular flexibility index (Phi) is 8.28. The lowest BCUT2D eigenvalue weighted by atomic mass is 10.2. The van der Waals surface area contributed by atoms with Crippen molar-refractivity contribution in [2.24, 2.45) is 4.99 Å². The minimum Gasteiger partial charge on any atom is -0.502 e. The van der Waals surface area contributed by atoms with Gasteiger partial charge in [-0.1, -0.05) is 0 Å². The number of ether oxygens (including phenoxy) is 2. The minimum atomic E-state index is 0. The highest BCUT2D eigenvalue weighted by atomic mass is 127. The smallest absolute Gasteiger partial charge is 0.200 e. The molecule has 0 spiro atoms. The van der Waals surface area contributed by atoms with Crippen LogP contribution in [0.4, 0.5) is 0 Å². The molecule has 2 aliphatic heterocycles. The molecule has 3 rings (SSSR count). The first kappa shape index (κ1) is 21.9. The Balaban J connectivity index is 0.00000261. The molecule has 1 aromatic carbocycles. The number of nitrogens with zero attached hydrogens (tertiary/aromatic N) is 3. The van der Waals surface area contributed by atoms with Crippen LogP contribution in [-0.2, 0) is 6.54 Å². The van der Waals surface area contributed by atoms with Crippen LogP contribution in [0.25, 0.3) is 0 Å². The van der Waals surface area contributed by atoms with Gasteiger partial charge in [-0.3, -0.25) is 9.89 Å². The number of methoxy groups -OCH3 is 2. The molecular weight excluding hydrogens is 459 g/mol. The fraction of sp³-hybridized carbons (Fsp3) is 0.632. The molecule has 27 heavy (non-hydrogen) atoms. The third kappa shape index (κ3) is 5.10. The molecule has 0 aliphatic carbocycles. The van der Waals surface area contributed by atoms with E-state index in [1.54, 1.807) is 0 Å². The summed E-state index contributed by atoms with van der Waals surface area (Å²) in [4.78, 5) is 9.40. The minimum absolute atomic E-state index is 0. The monoisotopic (exact) mass is 490 g/mol. The van der Waals surface area contributed by atoms with Gasteiger partial charge in [0.2, 0.25) is 5.75 Å². The van der Waals surface area contributed by atoms with E-state index in [1.165, 1.54) is 46.6 Å². The fourth-order valence-corrected chi connectivity index (χ4v) is 3.90. The van der Waals surface area contributed by atoms with Crippen LogP contribution in [0.5, 0.6) is 17.2 Å². The molecule has 2 N–H and O–H groups in total. The van der Waals surface area contributed by atoms with Crippen LogP contribution in [0.15, 0.2) is 17.1 Å². The predicted molar refractivity (Wildman–Crippen MR) is 118 cm³/mol. The number of phenols is 1. The second kappa shape index (κ2) is 10.2. The predicted octanol–water partition coefficient (Wildman–Crippen LogP) is 2.27. The lowest BCUT2D eigenvalue weighted by molar-refractivity contribution is 0.249. The van der Waals surface area contributed by atoms with Crippen molar-refractivity contribution >= 4 is 29.9 Å². The lowest BCUT2D eigenvalue weighted by Gasteiger charge is -2.25. The van der Waals surface area contributed by atoms with Gasteiger partial charge in [-0.2, -0.15) is 0 Å². The van der Waals surface area contributed by atoms with Crippen LogP contribution in [0.2, 0.25) is 0 Å². The molecule has 0 saturated carbocycles. The van der Waals surface area contributed by atoms with Crippen LogP contribution < -0.4 is 14.8 Å². The summed E-state index contributed by atoms with van der Waals surface area (Å²) in [7, 11) is 4.89. The summed E-state index contributed by atoms with van der Waals surface area (Å²) >= 11 is 0. The number of halogens is 1. The van der Waals surface area contributed by atoms with E-state index in [4.69, 9.17) is 9.47 Å². The maximum Gasteiger partial charge on any atom is 0.200 e. The molecule has 0 amide bonds. The molecule has 2 saturated heterocycles. The van der Waals surface area contributed by atoms with Crippen LogP contribution in [0.3, 0.4) is 0 Å². The first-order chi connectivity index (χ1) is 12.7. The van der Waals surface area contributed by atoms with Gasteiger partial charge in [0.1, 0.15) is 0 Å². The summed E-state index contributed by atoms with van der Waals surface area (Å²) in [5, 5.41) is 13.5. The first-order valence-corrected chi connectivity index (χ1v) is 9.29. The van der Waals surface area contributed by atoms with Gasteiger partial charge < -0.3 is 24.8 Å². The molecule has 2 fully saturated rings. The molecule has 1 aromatic rings. The van der Waals surface area contributed by atoms with Gasteiger partial charge in [0.15, 0.2) is 17.5 Å². The van der Waals surface area contributed by atoms with E-state index in [0.717, 1.165) is 24.6 Å². The van der Waals surface area contributed by atoms with Crippen LogP contribution >= 0.6 is 24.0 Å². The Morgan fingerprint density at radius 1 is 1.19 bits per heavy atom. The van der Waals surface area contributed by atoms with Crippen molar-refractivity contribution in [3.63, 3.8) is 0 Å². The molecule has 152 valence electrons. The van der Waals surface area contributed by atoms with Crippen molar-refractivity contribution in [1.29, 1.82) is 0 Å². The normalized spacial score (nSPS) is 20.5. The summed E-state index contributed by atoms with van der Waals surface area (Å²) in [5.41, 5.74) is 0.966. The second-order valence-corrected chi connectivity index (χ2v) is 6.88. The largest absolute Gasteiger partial charge is 0.502 e. The van der Waals surface area contributed by atoms with Crippen molar-refractivity contribution in [3.05, 3.63) is 17.7 Å². The first-order valence-electron chi connectivity index (χ1n) is 9.29. The van der Waals surface area contributed by atoms with Gasteiger partial charge in [-0.15, -0.1) is 24.0 Å². The lowest BCUT2D eigenvalue weighted by Crippen LogP contribution is -2.42. The molecule has 1 unspecified atom stereocenters. The standard InChI is InChI=1S/C19H30N4O3.HI/c1-20-19(23-9-6-15(13-23)22-7-4-5-8-22)21-12-14-10-16(25-2)18(24)17(11-14)26-3;/h10-11,15,24H,4-9,12-13H2,1-3H3,(H,20,21);1H. The molecular formula is C19H31IN4O3. The number of hydrogen-bond donors (Lipinski definition) is 2. The number of aliphatic imine (C=N–C) groups is 1. The van der Waals surface area contributed by atoms with Crippen LogP contribution in [0, 0.1) is 0 Å². The zero-order chi connectivity index (χ0) is 18.5. The van der Waals surface area contributed by atoms with Crippen molar-refractivity contribution in [2.45, 2.75) is 31.8 Å². The zero-order valence-electron chi connectivity index (χ0n) is 16.4. The average Bonchev–Trinajstić information content (AvgIpc) is 3.34. The number of guanidine groups is 1. The second-order valence-electron chi connectivity index (χ2n) is 6.88. The van der Waals surface area contributed by atoms with Gasteiger partial charge in [0.05, 0.1) is 14.2 Å². The van der Waals surface area contributed by atoms with Gasteiger partial charge in [-0.25, -0.2) is 0 Å². The van der Waals surface area contributed by atoms with E-state index in [2.05, 4.69) is 20.1 Å². The molecule has 2 aliphatic rings. The average molecular weight is 490 g/mol. The van der Waals surface area contributed by atoms with Gasteiger partial charge in [-0.05, 0) is 50.0 Å². The van der Waals surface area contributed by atoms with E-state index in [-0.39, 0.29) is 29.7 Å². The highest BCUT2D eigenvalue weighted by Gasteiger charge is 2.30. The van der Waals surface area contributed by atoms with Crippen molar-refractivity contribution in [3.8, 4) is 17.2 Å². The SMILES string of the molecule is CN=C(NCc1cc(OC)c(O)c(OC)c1)N1CCC(N2CCCC2)C1.I. The highest BCUT2D eigenvalue weighted by molar-refractivity contribution is 14.0. The number of phenolic OH excluding ortho intramolecular Hbond substituents is 1. The van der Waals surface area contributed by atoms with Gasteiger partial charge >= 0.3 is 0 Å². The van der Waals surface area contributed by atoms with E-state index in [1.807, 2.05) is 19.2 Å². The molecule has 7 nitrogen and oxygen atoms in total. The van der Waals surface area contributed by atoms with E-state index in [0.29, 0.717) is 24.1 Å². The maximum atomic E-state index is 10.0. The van der Waals surface area contributed by atoms with E-state index in [9.17, 15) is 5.11 Å². The van der Waals surface area contributed by atoms with Crippen LogP contribution in [0.1, 0.15) is 24.8 Å². The molecule has 0 radical (unpaired) electrons. The summed E-state index contributed by atoms with van der Waals surface area (Å²) in [6.45, 7) is 5.12. The number of nitrogens with one attached hydrogen (secondary N) is 1. The summed E-state index contributed by atoms with van der Waals surface area (Å²) < 4.78 is 10.5. The number of aromatic hydroxyl groups is 1. The zero-order valence-corrected chi connectivity index (χ0v) is 18.7. The maximum absolute atomic E-state index is 10.0. The molecule has 0 bridgehead atoms. The Labute approximate surface area is 178 Å².